The first kappa shape index (κ1) is 12.6. The Morgan fingerprint density at radius 1 is 1.39 bits per heavy atom. The third-order valence-electron chi connectivity index (χ3n) is 2.40. The summed E-state index contributed by atoms with van der Waals surface area (Å²) < 4.78 is 5.29. The zero-order chi connectivity index (χ0) is 13.1. The quantitative estimate of drug-likeness (QED) is 0.682. The molecule has 2 aromatic heterocycles. The number of hydrogen-bond donors (Lipinski definition) is 1. The van der Waals surface area contributed by atoms with Gasteiger partial charge in [0.05, 0.1) is 11.8 Å². The zero-order valence-corrected chi connectivity index (χ0v) is 11.3. The van der Waals surface area contributed by atoms with Gasteiger partial charge in [-0.3, -0.25) is 4.79 Å². The van der Waals surface area contributed by atoms with E-state index in [1.165, 1.54) is 4.88 Å². The number of carbonyl (C=O) groups excluding carboxylic acids is 1. The second-order valence-electron chi connectivity index (χ2n) is 3.97. The number of aryl methyl sites for hydroxylation is 3. The number of nitrogens with zero attached hydrogens (tertiary/aromatic N) is 1. The van der Waals surface area contributed by atoms with E-state index in [4.69, 9.17) is 4.42 Å². The Morgan fingerprint density at radius 3 is 2.72 bits per heavy atom. The van der Waals surface area contributed by atoms with Gasteiger partial charge in [0.2, 0.25) is 0 Å². The standard InChI is InChI=1S/C13H14N2O2S/c1-8-6-12(10(3)17-8)13(16)15-14-7-11-5-4-9(2)18-11/h4-7H,1-3H3,(H,15,16). The molecule has 0 radical (unpaired) electrons. The molecule has 0 atom stereocenters. The summed E-state index contributed by atoms with van der Waals surface area (Å²) >= 11 is 1.62. The number of nitrogens with one attached hydrogen (secondary N) is 1. The van der Waals surface area contributed by atoms with E-state index < -0.39 is 0 Å². The molecule has 0 fully saturated rings. The Bertz CT molecular complexity index is 596. The minimum Gasteiger partial charge on any atom is -0.466 e. The van der Waals surface area contributed by atoms with Crippen molar-refractivity contribution in [2.45, 2.75) is 20.8 Å². The van der Waals surface area contributed by atoms with Crippen LogP contribution in [0.15, 0.2) is 27.7 Å². The van der Waals surface area contributed by atoms with Crippen molar-refractivity contribution < 1.29 is 9.21 Å². The number of hydrazone groups is 1. The molecule has 0 saturated carbocycles. The lowest BCUT2D eigenvalue weighted by atomic mass is 10.2. The summed E-state index contributed by atoms with van der Waals surface area (Å²) in [6, 6.07) is 5.68. The van der Waals surface area contributed by atoms with Crippen LogP contribution in [0.5, 0.6) is 0 Å². The normalized spacial score (nSPS) is 11.1. The van der Waals surface area contributed by atoms with Crippen LogP contribution in [0.25, 0.3) is 0 Å². The van der Waals surface area contributed by atoms with Gasteiger partial charge in [-0.05, 0) is 39.0 Å². The highest BCUT2D eigenvalue weighted by Gasteiger charge is 2.12. The monoisotopic (exact) mass is 262 g/mol. The van der Waals surface area contributed by atoms with Gasteiger partial charge in [-0.15, -0.1) is 11.3 Å². The van der Waals surface area contributed by atoms with Gasteiger partial charge in [0.1, 0.15) is 11.5 Å². The van der Waals surface area contributed by atoms with Gasteiger partial charge in [-0.1, -0.05) is 0 Å². The summed E-state index contributed by atoms with van der Waals surface area (Å²) in [5.74, 6) is 1.07. The summed E-state index contributed by atoms with van der Waals surface area (Å²) in [7, 11) is 0. The van der Waals surface area contributed by atoms with Crippen molar-refractivity contribution in [1.82, 2.24) is 5.43 Å². The predicted molar refractivity (Wildman–Crippen MR) is 72.3 cm³/mol. The van der Waals surface area contributed by atoms with E-state index >= 15 is 0 Å². The van der Waals surface area contributed by atoms with Crippen molar-refractivity contribution in [3.63, 3.8) is 0 Å². The number of carbonyl (C=O) groups is 1. The van der Waals surface area contributed by atoms with Crippen LogP contribution >= 0.6 is 11.3 Å². The van der Waals surface area contributed by atoms with Gasteiger partial charge >= 0.3 is 0 Å². The summed E-state index contributed by atoms with van der Waals surface area (Å²) in [6.07, 6.45) is 1.64. The van der Waals surface area contributed by atoms with Crippen LogP contribution in [-0.4, -0.2) is 12.1 Å². The van der Waals surface area contributed by atoms with Crippen molar-refractivity contribution in [2.24, 2.45) is 5.10 Å². The molecule has 0 bridgehead atoms. The molecule has 2 heterocycles. The molecule has 0 aliphatic carbocycles. The Balaban J connectivity index is 2.00. The van der Waals surface area contributed by atoms with Crippen LogP contribution in [0.1, 0.15) is 31.6 Å². The Hall–Kier alpha value is -1.88. The van der Waals surface area contributed by atoms with Gasteiger partial charge in [-0.2, -0.15) is 5.10 Å². The number of amides is 1. The third-order valence-corrected chi connectivity index (χ3v) is 3.34. The second kappa shape index (κ2) is 5.18. The van der Waals surface area contributed by atoms with E-state index in [0.29, 0.717) is 11.3 Å². The SMILES string of the molecule is Cc1cc(C(=O)NN=Cc2ccc(C)s2)c(C)o1. The van der Waals surface area contributed by atoms with E-state index in [-0.39, 0.29) is 5.91 Å². The van der Waals surface area contributed by atoms with Crippen molar-refractivity contribution in [3.8, 4) is 0 Å². The highest BCUT2D eigenvalue weighted by molar-refractivity contribution is 7.13. The number of thiophene rings is 1. The van der Waals surface area contributed by atoms with Gasteiger partial charge in [0.15, 0.2) is 0 Å². The summed E-state index contributed by atoms with van der Waals surface area (Å²) in [5, 5.41) is 3.93. The molecule has 0 aliphatic heterocycles. The zero-order valence-electron chi connectivity index (χ0n) is 10.5. The maximum atomic E-state index is 11.8. The summed E-state index contributed by atoms with van der Waals surface area (Å²) in [5.41, 5.74) is 3.01. The lowest BCUT2D eigenvalue weighted by Crippen LogP contribution is -2.17. The van der Waals surface area contributed by atoms with E-state index in [2.05, 4.69) is 10.5 Å². The third kappa shape index (κ3) is 2.87. The van der Waals surface area contributed by atoms with Crippen LogP contribution in [0, 0.1) is 20.8 Å². The van der Waals surface area contributed by atoms with Crippen LogP contribution in [0.2, 0.25) is 0 Å². The molecular weight excluding hydrogens is 248 g/mol. The van der Waals surface area contributed by atoms with E-state index in [1.807, 2.05) is 26.0 Å². The molecule has 0 saturated heterocycles. The van der Waals surface area contributed by atoms with Crippen molar-refractivity contribution in [3.05, 3.63) is 45.0 Å². The van der Waals surface area contributed by atoms with Gasteiger partial charge in [-0.25, -0.2) is 5.43 Å². The molecule has 2 aromatic rings. The molecule has 1 amide bonds. The molecule has 94 valence electrons. The fourth-order valence-electron chi connectivity index (χ4n) is 1.59. The molecule has 4 nitrogen and oxygen atoms in total. The molecule has 18 heavy (non-hydrogen) atoms. The number of hydrogen-bond acceptors (Lipinski definition) is 4. The molecule has 0 aliphatic rings. The summed E-state index contributed by atoms with van der Waals surface area (Å²) in [4.78, 5) is 14.0. The first-order valence-electron chi connectivity index (χ1n) is 5.53. The average molecular weight is 262 g/mol. The van der Waals surface area contributed by atoms with E-state index in [9.17, 15) is 4.79 Å². The second-order valence-corrected chi connectivity index (χ2v) is 5.29. The molecule has 0 aromatic carbocycles. The Morgan fingerprint density at radius 2 is 2.17 bits per heavy atom. The number of rotatable bonds is 3. The lowest BCUT2D eigenvalue weighted by molar-refractivity contribution is 0.0953. The molecule has 0 unspecified atom stereocenters. The van der Waals surface area contributed by atoms with Gasteiger partial charge in [0.25, 0.3) is 5.91 Å². The number of furan rings is 1. The van der Waals surface area contributed by atoms with Crippen molar-refractivity contribution in [1.29, 1.82) is 0 Å². The molecule has 5 heteroatoms. The molecule has 1 N–H and O–H groups in total. The first-order chi connectivity index (χ1) is 8.56. The van der Waals surface area contributed by atoms with Crippen molar-refractivity contribution >= 4 is 23.5 Å². The lowest BCUT2D eigenvalue weighted by Gasteiger charge is -1.96. The minimum absolute atomic E-state index is 0.256. The van der Waals surface area contributed by atoms with Gasteiger partial charge in [0, 0.05) is 9.75 Å². The minimum atomic E-state index is -0.256. The van der Waals surface area contributed by atoms with Crippen LogP contribution in [0.3, 0.4) is 0 Å². The fraction of sp³-hybridized carbons (Fsp3) is 0.231. The van der Waals surface area contributed by atoms with Crippen LogP contribution in [0.4, 0.5) is 0 Å². The first-order valence-corrected chi connectivity index (χ1v) is 6.35. The Kier molecular flexibility index (Phi) is 3.62. The smallest absolute Gasteiger partial charge is 0.274 e. The molecular formula is C13H14N2O2S. The van der Waals surface area contributed by atoms with Crippen molar-refractivity contribution in [2.75, 3.05) is 0 Å². The van der Waals surface area contributed by atoms with E-state index in [0.717, 1.165) is 10.6 Å². The maximum Gasteiger partial charge on any atom is 0.274 e. The largest absolute Gasteiger partial charge is 0.466 e. The maximum absolute atomic E-state index is 11.8. The summed E-state index contributed by atoms with van der Waals surface area (Å²) in [6.45, 7) is 5.59. The predicted octanol–water partition coefficient (Wildman–Crippen LogP) is 3.03. The Labute approximate surface area is 109 Å². The van der Waals surface area contributed by atoms with Crippen LogP contribution in [-0.2, 0) is 0 Å². The highest BCUT2D eigenvalue weighted by atomic mass is 32.1. The average Bonchev–Trinajstić information content (AvgIpc) is 2.85. The molecule has 0 spiro atoms. The van der Waals surface area contributed by atoms with E-state index in [1.54, 1.807) is 30.5 Å². The topological polar surface area (TPSA) is 54.6 Å². The molecule has 2 rings (SSSR count). The van der Waals surface area contributed by atoms with Crippen LogP contribution < -0.4 is 5.43 Å². The highest BCUT2D eigenvalue weighted by Crippen LogP contribution is 2.14. The van der Waals surface area contributed by atoms with Gasteiger partial charge < -0.3 is 4.42 Å². The fourth-order valence-corrected chi connectivity index (χ4v) is 2.34.